The van der Waals surface area contributed by atoms with E-state index >= 15 is 0 Å². The quantitative estimate of drug-likeness (QED) is 0.438. The Morgan fingerprint density at radius 3 is 2.78 bits per heavy atom. The van der Waals surface area contributed by atoms with Crippen molar-refractivity contribution < 1.29 is 14.4 Å². The third-order valence-corrected chi connectivity index (χ3v) is 2.29. The van der Waals surface area contributed by atoms with Crippen molar-refractivity contribution in [2.45, 2.75) is 13.3 Å². The van der Waals surface area contributed by atoms with Crippen LogP contribution in [0.5, 0.6) is 5.75 Å². The minimum atomic E-state index is -0.430. The third kappa shape index (κ3) is 3.89. The summed E-state index contributed by atoms with van der Waals surface area (Å²) in [6.45, 7) is 3.36. The molecule has 1 N–H and O–H groups in total. The fourth-order valence-corrected chi connectivity index (χ4v) is 1.46. The first kappa shape index (κ1) is 14.2. The molecular weight excluding hydrogens is 236 g/mol. The Kier molecular flexibility index (Phi) is 5.93. The molecule has 0 atom stereocenters. The van der Waals surface area contributed by atoms with Gasteiger partial charge in [0.05, 0.1) is 11.5 Å². The first-order valence-corrected chi connectivity index (χ1v) is 5.83. The molecule has 0 saturated carbocycles. The van der Waals surface area contributed by atoms with Gasteiger partial charge in [-0.25, -0.2) is 0 Å². The summed E-state index contributed by atoms with van der Waals surface area (Å²) in [4.78, 5) is 10.7. The lowest BCUT2D eigenvalue weighted by Gasteiger charge is -2.10. The molecule has 0 spiro atoms. The van der Waals surface area contributed by atoms with Gasteiger partial charge < -0.3 is 14.8 Å². The monoisotopic (exact) mass is 254 g/mol. The van der Waals surface area contributed by atoms with Crippen molar-refractivity contribution in [2.75, 3.05) is 32.2 Å². The van der Waals surface area contributed by atoms with Gasteiger partial charge in [-0.3, -0.25) is 10.1 Å². The zero-order chi connectivity index (χ0) is 13.4. The van der Waals surface area contributed by atoms with Crippen molar-refractivity contribution in [2.24, 2.45) is 0 Å². The lowest BCUT2D eigenvalue weighted by Crippen LogP contribution is -2.08. The van der Waals surface area contributed by atoms with Gasteiger partial charge in [-0.15, -0.1) is 0 Å². The largest absolute Gasteiger partial charge is 0.484 e. The average Bonchev–Trinajstić information content (AvgIpc) is 2.36. The second-order valence-corrected chi connectivity index (χ2v) is 3.68. The SMILES string of the molecule is CCCNc1cccc(OCCOC)c1[N+](=O)[O-]. The van der Waals surface area contributed by atoms with Gasteiger partial charge in [-0.1, -0.05) is 13.0 Å². The van der Waals surface area contributed by atoms with Crippen LogP contribution >= 0.6 is 0 Å². The lowest BCUT2D eigenvalue weighted by molar-refractivity contribution is -0.385. The molecule has 0 saturated heterocycles. The van der Waals surface area contributed by atoms with Crippen molar-refractivity contribution in [1.82, 2.24) is 0 Å². The molecule has 0 fully saturated rings. The van der Waals surface area contributed by atoms with E-state index in [0.29, 0.717) is 18.8 Å². The van der Waals surface area contributed by atoms with Crippen LogP contribution < -0.4 is 10.1 Å². The van der Waals surface area contributed by atoms with Crippen molar-refractivity contribution in [1.29, 1.82) is 0 Å². The van der Waals surface area contributed by atoms with E-state index in [1.807, 2.05) is 6.92 Å². The van der Waals surface area contributed by atoms with Crippen LogP contribution in [-0.4, -0.2) is 31.8 Å². The first-order chi connectivity index (χ1) is 8.70. The molecule has 0 heterocycles. The summed E-state index contributed by atoms with van der Waals surface area (Å²) in [6, 6.07) is 5.00. The van der Waals surface area contributed by atoms with E-state index in [2.05, 4.69) is 5.32 Å². The molecule has 6 heteroatoms. The van der Waals surface area contributed by atoms with Gasteiger partial charge >= 0.3 is 5.69 Å². The summed E-state index contributed by atoms with van der Waals surface area (Å²) < 4.78 is 10.2. The zero-order valence-corrected chi connectivity index (χ0v) is 10.6. The molecule has 1 aromatic rings. The molecule has 0 aliphatic carbocycles. The highest BCUT2D eigenvalue weighted by atomic mass is 16.6. The molecule has 6 nitrogen and oxygen atoms in total. The number of hydrogen-bond donors (Lipinski definition) is 1. The molecule has 0 aliphatic rings. The minimum Gasteiger partial charge on any atom is -0.484 e. The fraction of sp³-hybridized carbons (Fsp3) is 0.500. The molecule has 1 aromatic carbocycles. The van der Waals surface area contributed by atoms with E-state index in [0.717, 1.165) is 6.42 Å². The minimum absolute atomic E-state index is 0.0259. The van der Waals surface area contributed by atoms with Crippen molar-refractivity contribution >= 4 is 11.4 Å². The first-order valence-electron chi connectivity index (χ1n) is 5.83. The number of anilines is 1. The maximum atomic E-state index is 11.1. The standard InChI is InChI=1S/C12H18N2O4/c1-3-7-13-10-5-4-6-11(12(10)14(15)16)18-9-8-17-2/h4-6,13H,3,7-9H2,1-2H3. The fourth-order valence-electron chi connectivity index (χ4n) is 1.46. The average molecular weight is 254 g/mol. The highest BCUT2D eigenvalue weighted by Crippen LogP contribution is 2.34. The Labute approximate surface area is 106 Å². The predicted molar refractivity (Wildman–Crippen MR) is 69.2 cm³/mol. The number of benzene rings is 1. The number of nitrogens with zero attached hydrogens (tertiary/aromatic N) is 1. The van der Waals surface area contributed by atoms with Crippen LogP contribution in [0.4, 0.5) is 11.4 Å². The molecule has 0 aromatic heterocycles. The highest BCUT2D eigenvalue weighted by molar-refractivity contribution is 5.68. The van der Waals surface area contributed by atoms with E-state index in [1.165, 1.54) is 0 Å². The Hall–Kier alpha value is -1.82. The summed E-state index contributed by atoms with van der Waals surface area (Å²) >= 11 is 0. The summed E-state index contributed by atoms with van der Waals surface area (Å²) in [6.07, 6.45) is 0.895. The van der Waals surface area contributed by atoms with E-state index < -0.39 is 4.92 Å². The molecule has 0 radical (unpaired) electrons. The van der Waals surface area contributed by atoms with Crippen LogP contribution in [0, 0.1) is 10.1 Å². The normalized spacial score (nSPS) is 10.1. The molecule has 18 heavy (non-hydrogen) atoms. The summed E-state index contributed by atoms with van der Waals surface area (Å²) in [5.41, 5.74) is 0.457. The van der Waals surface area contributed by atoms with Crippen LogP contribution in [0.3, 0.4) is 0 Å². The Morgan fingerprint density at radius 1 is 1.39 bits per heavy atom. The van der Waals surface area contributed by atoms with E-state index in [-0.39, 0.29) is 18.0 Å². The molecule has 1 rings (SSSR count). The van der Waals surface area contributed by atoms with Crippen molar-refractivity contribution in [3.05, 3.63) is 28.3 Å². The maximum Gasteiger partial charge on any atom is 0.333 e. The Bertz CT molecular complexity index is 396. The van der Waals surface area contributed by atoms with Gasteiger partial charge in [0.15, 0.2) is 5.75 Å². The molecule has 0 aliphatic heterocycles. The molecule has 0 unspecified atom stereocenters. The van der Waals surface area contributed by atoms with Crippen molar-refractivity contribution in [3.8, 4) is 5.75 Å². The van der Waals surface area contributed by atoms with Gasteiger partial charge in [0.25, 0.3) is 0 Å². The second kappa shape index (κ2) is 7.50. The van der Waals surface area contributed by atoms with Gasteiger partial charge in [0.1, 0.15) is 12.3 Å². The number of nitro groups is 1. The van der Waals surface area contributed by atoms with E-state index in [4.69, 9.17) is 9.47 Å². The number of hydrogen-bond acceptors (Lipinski definition) is 5. The van der Waals surface area contributed by atoms with E-state index in [9.17, 15) is 10.1 Å². The number of nitrogens with one attached hydrogen (secondary N) is 1. The smallest absolute Gasteiger partial charge is 0.333 e. The van der Waals surface area contributed by atoms with Crippen LogP contribution in [0.15, 0.2) is 18.2 Å². The van der Waals surface area contributed by atoms with E-state index in [1.54, 1.807) is 25.3 Å². The molecular formula is C12H18N2O4. The third-order valence-electron chi connectivity index (χ3n) is 2.29. The molecule has 100 valence electrons. The van der Waals surface area contributed by atoms with Crippen LogP contribution in [-0.2, 0) is 4.74 Å². The second-order valence-electron chi connectivity index (χ2n) is 3.68. The summed E-state index contributed by atoms with van der Waals surface area (Å²) in [5.74, 6) is 0.262. The summed E-state index contributed by atoms with van der Waals surface area (Å²) in [5, 5.41) is 14.1. The van der Waals surface area contributed by atoms with Gasteiger partial charge in [-0.05, 0) is 18.6 Å². The van der Waals surface area contributed by atoms with Gasteiger partial charge in [-0.2, -0.15) is 0 Å². The van der Waals surface area contributed by atoms with Gasteiger partial charge in [0, 0.05) is 13.7 Å². The number of rotatable bonds is 8. The molecule has 0 amide bonds. The number of ether oxygens (including phenoxy) is 2. The lowest BCUT2D eigenvalue weighted by atomic mass is 10.2. The van der Waals surface area contributed by atoms with Crippen LogP contribution in [0.25, 0.3) is 0 Å². The number of para-hydroxylation sites is 1. The van der Waals surface area contributed by atoms with Gasteiger partial charge in [0.2, 0.25) is 0 Å². The summed E-state index contributed by atoms with van der Waals surface area (Å²) in [7, 11) is 1.55. The Balaban J connectivity index is 2.90. The zero-order valence-electron chi connectivity index (χ0n) is 10.6. The Morgan fingerprint density at radius 2 is 2.17 bits per heavy atom. The molecule has 0 bridgehead atoms. The maximum absolute atomic E-state index is 11.1. The number of methoxy groups -OCH3 is 1. The van der Waals surface area contributed by atoms with Crippen LogP contribution in [0.1, 0.15) is 13.3 Å². The topological polar surface area (TPSA) is 73.6 Å². The highest BCUT2D eigenvalue weighted by Gasteiger charge is 2.20. The predicted octanol–water partition coefficient (Wildman–Crippen LogP) is 2.44. The number of nitro benzene ring substituents is 1. The van der Waals surface area contributed by atoms with Crippen LogP contribution in [0.2, 0.25) is 0 Å². The van der Waals surface area contributed by atoms with Crippen molar-refractivity contribution in [3.63, 3.8) is 0 Å².